The Hall–Kier alpha value is -1.72. The van der Waals surface area contributed by atoms with Crippen molar-refractivity contribution in [3.05, 3.63) is 58.0 Å². The first-order valence-corrected chi connectivity index (χ1v) is 8.10. The van der Waals surface area contributed by atoms with E-state index >= 15 is 0 Å². The summed E-state index contributed by atoms with van der Waals surface area (Å²) in [7, 11) is 0. The Morgan fingerprint density at radius 3 is 2.86 bits per heavy atom. The van der Waals surface area contributed by atoms with Crippen molar-refractivity contribution in [2.75, 3.05) is 6.54 Å². The standard InChI is InChI=1S/C17H20FNO2S/c1-12(13-4-3-5-15(18)9-13)8-16(20)19-11-17(2,21)14-6-7-22-10-14/h3-7,9-10,12,21H,8,11H2,1-2H3,(H,19,20). The van der Waals surface area contributed by atoms with Crippen LogP contribution in [0.15, 0.2) is 41.1 Å². The number of aliphatic hydroxyl groups is 1. The minimum Gasteiger partial charge on any atom is -0.384 e. The van der Waals surface area contributed by atoms with Crippen LogP contribution in [0.5, 0.6) is 0 Å². The van der Waals surface area contributed by atoms with Crippen molar-refractivity contribution in [3.63, 3.8) is 0 Å². The van der Waals surface area contributed by atoms with Gasteiger partial charge in [0.25, 0.3) is 0 Å². The van der Waals surface area contributed by atoms with E-state index in [2.05, 4.69) is 5.32 Å². The van der Waals surface area contributed by atoms with Crippen LogP contribution in [0.3, 0.4) is 0 Å². The molecule has 0 bridgehead atoms. The molecule has 1 heterocycles. The SMILES string of the molecule is CC(CC(=O)NCC(C)(O)c1ccsc1)c1cccc(F)c1. The molecule has 3 nitrogen and oxygen atoms in total. The van der Waals surface area contributed by atoms with Crippen LogP contribution < -0.4 is 5.32 Å². The molecule has 0 aliphatic rings. The Labute approximate surface area is 133 Å². The van der Waals surface area contributed by atoms with Crippen molar-refractivity contribution in [2.45, 2.75) is 31.8 Å². The van der Waals surface area contributed by atoms with Gasteiger partial charge in [-0.15, -0.1) is 0 Å². The van der Waals surface area contributed by atoms with Crippen LogP contribution >= 0.6 is 11.3 Å². The number of rotatable bonds is 6. The predicted octanol–water partition coefficient (Wildman–Crippen LogP) is 3.40. The normalized spacial score (nSPS) is 15.1. The van der Waals surface area contributed by atoms with E-state index in [1.54, 1.807) is 13.0 Å². The third-order valence-corrected chi connectivity index (χ3v) is 4.37. The summed E-state index contributed by atoms with van der Waals surface area (Å²) >= 11 is 1.50. The predicted molar refractivity (Wildman–Crippen MR) is 86.3 cm³/mol. The lowest BCUT2D eigenvalue weighted by molar-refractivity contribution is -0.122. The van der Waals surface area contributed by atoms with Gasteiger partial charge in [0.15, 0.2) is 0 Å². The van der Waals surface area contributed by atoms with Gasteiger partial charge in [-0.3, -0.25) is 4.79 Å². The highest BCUT2D eigenvalue weighted by atomic mass is 32.1. The third kappa shape index (κ3) is 4.39. The number of benzene rings is 1. The largest absolute Gasteiger partial charge is 0.384 e. The molecule has 2 unspecified atom stereocenters. The highest BCUT2D eigenvalue weighted by molar-refractivity contribution is 7.08. The quantitative estimate of drug-likeness (QED) is 0.856. The molecule has 1 amide bonds. The van der Waals surface area contributed by atoms with Gasteiger partial charge in [0.1, 0.15) is 11.4 Å². The van der Waals surface area contributed by atoms with Crippen LogP contribution in [-0.4, -0.2) is 17.6 Å². The molecule has 1 aromatic heterocycles. The van der Waals surface area contributed by atoms with Crippen molar-refractivity contribution in [2.24, 2.45) is 0 Å². The average Bonchev–Trinajstić information content (AvgIpc) is 3.00. The van der Waals surface area contributed by atoms with Gasteiger partial charge in [-0.25, -0.2) is 4.39 Å². The summed E-state index contributed by atoms with van der Waals surface area (Å²) in [5.41, 5.74) is 0.494. The molecular formula is C17H20FNO2S. The lowest BCUT2D eigenvalue weighted by Crippen LogP contribution is -2.38. The highest BCUT2D eigenvalue weighted by Crippen LogP contribution is 2.23. The molecule has 118 valence electrons. The number of carbonyl (C=O) groups is 1. The van der Waals surface area contributed by atoms with Crippen LogP contribution in [0.25, 0.3) is 0 Å². The summed E-state index contributed by atoms with van der Waals surface area (Å²) in [6.07, 6.45) is 0.253. The van der Waals surface area contributed by atoms with E-state index in [1.807, 2.05) is 29.8 Å². The molecule has 0 spiro atoms. The van der Waals surface area contributed by atoms with Gasteiger partial charge in [-0.2, -0.15) is 11.3 Å². The molecule has 0 fully saturated rings. The van der Waals surface area contributed by atoms with Gasteiger partial charge in [0.05, 0.1) is 6.54 Å². The van der Waals surface area contributed by atoms with Crippen LogP contribution in [0, 0.1) is 5.82 Å². The third-order valence-electron chi connectivity index (χ3n) is 3.68. The van der Waals surface area contributed by atoms with Gasteiger partial charge in [0, 0.05) is 6.42 Å². The van der Waals surface area contributed by atoms with Gasteiger partial charge in [-0.1, -0.05) is 19.1 Å². The van der Waals surface area contributed by atoms with Gasteiger partial charge >= 0.3 is 0 Å². The summed E-state index contributed by atoms with van der Waals surface area (Å²) in [6.45, 7) is 3.70. The zero-order valence-corrected chi connectivity index (χ0v) is 13.5. The maximum absolute atomic E-state index is 13.2. The van der Waals surface area contributed by atoms with Gasteiger partial charge in [0.2, 0.25) is 5.91 Å². The number of amides is 1. The zero-order chi connectivity index (χ0) is 16.2. The summed E-state index contributed by atoms with van der Waals surface area (Å²) in [5, 5.41) is 16.9. The van der Waals surface area contributed by atoms with Crippen molar-refractivity contribution in [3.8, 4) is 0 Å². The average molecular weight is 321 g/mol. The Bertz CT molecular complexity index is 625. The molecule has 2 rings (SSSR count). The lowest BCUT2D eigenvalue weighted by Gasteiger charge is -2.23. The molecule has 0 saturated carbocycles. The minimum atomic E-state index is -1.09. The molecule has 0 aliphatic heterocycles. The maximum Gasteiger partial charge on any atom is 0.220 e. The highest BCUT2D eigenvalue weighted by Gasteiger charge is 2.24. The Morgan fingerprint density at radius 2 is 2.23 bits per heavy atom. The molecule has 22 heavy (non-hydrogen) atoms. The Kier molecular flexibility index (Phi) is 5.32. The number of thiophene rings is 1. The van der Waals surface area contributed by atoms with Crippen LogP contribution in [0.4, 0.5) is 4.39 Å². The molecule has 0 saturated heterocycles. The van der Waals surface area contributed by atoms with Gasteiger partial charge < -0.3 is 10.4 Å². The van der Waals surface area contributed by atoms with Crippen LogP contribution in [0.1, 0.15) is 37.3 Å². The molecule has 1 aromatic carbocycles. The van der Waals surface area contributed by atoms with Gasteiger partial charge in [-0.05, 0) is 52.9 Å². The van der Waals surface area contributed by atoms with E-state index in [9.17, 15) is 14.3 Å². The molecule has 0 radical (unpaired) electrons. The summed E-state index contributed by atoms with van der Waals surface area (Å²) in [5.74, 6) is -0.542. The fraction of sp³-hybridized carbons (Fsp3) is 0.353. The first-order valence-electron chi connectivity index (χ1n) is 7.16. The molecule has 2 atom stereocenters. The van der Waals surface area contributed by atoms with Crippen molar-refractivity contribution >= 4 is 17.2 Å². The number of hydrogen-bond donors (Lipinski definition) is 2. The number of carbonyl (C=O) groups excluding carboxylic acids is 1. The minimum absolute atomic E-state index is 0.0817. The monoisotopic (exact) mass is 321 g/mol. The van der Waals surface area contributed by atoms with Crippen molar-refractivity contribution in [1.29, 1.82) is 0 Å². The second-order valence-electron chi connectivity index (χ2n) is 5.72. The Balaban J connectivity index is 1.88. The second-order valence-corrected chi connectivity index (χ2v) is 6.50. The maximum atomic E-state index is 13.2. The van der Waals surface area contributed by atoms with E-state index in [0.29, 0.717) is 0 Å². The number of halogens is 1. The number of nitrogens with one attached hydrogen (secondary N) is 1. The van der Waals surface area contributed by atoms with Crippen LogP contribution in [-0.2, 0) is 10.4 Å². The summed E-state index contributed by atoms with van der Waals surface area (Å²) in [6, 6.07) is 8.11. The van der Waals surface area contributed by atoms with E-state index in [4.69, 9.17) is 0 Å². The van der Waals surface area contributed by atoms with E-state index < -0.39 is 5.60 Å². The topological polar surface area (TPSA) is 49.3 Å². The summed E-state index contributed by atoms with van der Waals surface area (Å²) in [4.78, 5) is 12.0. The summed E-state index contributed by atoms with van der Waals surface area (Å²) < 4.78 is 13.2. The Morgan fingerprint density at radius 1 is 1.45 bits per heavy atom. The lowest BCUT2D eigenvalue weighted by atomic mass is 9.96. The van der Waals surface area contributed by atoms with E-state index in [0.717, 1.165) is 11.1 Å². The fourth-order valence-electron chi connectivity index (χ4n) is 2.22. The van der Waals surface area contributed by atoms with E-state index in [1.165, 1.54) is 23.5 Å². The van der Waals surface area contributed by atoms with Crippen molar-refractivity contribution < 1.29 is 14.3 Å². The molecule has 0 aliphatic carbocycles. The van der Waals surface area contributed by atoms with Crippen molar-refractivity contribution in [1.82, 2.24) is 5.32 Å². The zero-order valence-electron chi connectivity index (χ0n) is 12.7. The second kappa shape index (κ2) is 7.03. The van der Waals surface area contributed by atoms with Crippen LogP contribution in [0.2, 0.25) is 0 Å². The molecule has 2 N–H and O–H groups in total. The molecule has 5 heteroatoms. The molecular weight excluding hydrogens is 301 g/mol. The number of hydrogen-bond acceptors (Lipinski definition) is 3. The smallest absolute Gasteiger partial charge is 0.220 e. The molecule has 2 aromatic rings. The van der Waals surface area contributed by atoms with E-state index in [-0.39, 0.29) is 30.6 Å². The first-order chi connectivity index (χ1) is 10.4. The first kappa shape index (κ1) is 16.6. The fourth-order valence-corrected chi connectivity index (χ4v) is 3.01.